The lowest BCUT2D eigenvalue weighted by atomic mass is 10.0. The number of ether oxygens (including phenoxy) is 4. The molecule has 5 rings (SSSR count). The number of hydrogen-bond acceptors (Lipinski definition) is 7. The first-order valence-corrected chi connectivity index (χ1v) is 11.9. The molecule has 36 heavy (non-hydrogen) atoms. The Morgan fingerprint density at radius 2 is 1.81 bits per heavy atom. The molecular weight excluding hydrogens is 456 g/mol. The fourth-order valence-electron chi connectivity index (χ4n) is 4.73. The highest BCUT2D eigenvalue weighted by atomic mass is 16.5. The second kappa shape index (κ2) is 9.95. The van der Waals surface area contributed by atoms with E-state index in [9.17, 15) is 5.11 Å². The van der Waals surface area contributed by atoms with Crippen molar-refractivity contribution in [3.8, 4) is 40.0 Å². The monoisotopic (exact) mass is 486 g/mol. The third kappa shape index (κ3) is 4.50. The van der Waals surface area contributed by atoms with Gasteiger partial charge in [-0.15, -0.1) is 0 Å². The van der Waals surface area contributed by atoms with Gasteiger partial charge in [0.1, 0.15) is 29.4 Å². The summed E-state index contributed by atoms with van der Waals surface area (Å²) < 4.78 is 22.8. The van der Waals surface area contributed by atoms with Crippen LogP contribution in [0, 0.1) is 6.92 Å². The molecular formula is C29H30N2O5. The van der Waals surface area contributed by atoms with Crippen molar-refractivity contribution in [2.75, 3.05) is 34.5 Å². The largest absolute Gasteiger partial charge is 0.508 e. The van der Waals surface area contributed by atoms with Gasteiger partial charge < -0.3 is 24.1 Å². The maximum Gasteiger partial charge on any atom is 0.165 e. The standard InChI is InChI=1S/C29H30N2O5/c1-18-12-24(30-28-23(18)6-5-7-26(28)34-3)19-13-21-17-31(10-11-36-29(21)27(15-19)35-4)16-20-14-22(33-2)8-9-25(20)32/h5-9,12-15,32H,10-11,16-17H2,1-4H3. The van der Waals surface area contributed by atoms with Crippen LogP contribution in [-0.2, 0) is 13.1 Å². The lowest BCUT2D eigenvalue weighted by molar-refractivity contribution is 0.215. The molecule has 2 heterocycles. The lowest BCUT2D eigenvalue weighted by Gasteiger charge is -2.21. The van der Waals surface area contributed by atoms with Gasteiger partial charge in [0.15, 0.2) is 11.5 Å². The molecule has 4 aromatic rings. The van der Waals surface area contributed by atoms with Gasteiger partial charge in [0.25, 0.3) is 0 Å². The summed E-state index contributed by atoms with van der Waals surface area (Å²) in [5.74, 6) is 3.12. The van der Waals surface area contributed by atoms with Crippen LogP contribution in [0.25, 0.3) is 22.2 Å². The maximum atomic E-state index is 10.4. The molecule has 7 heteroatoms. The topological polar surface area (TPSA) is 73.3 Å². The van der Waals surface area contributed by atoms with Crippen molar-refractivity contribution in [1.29, 1.82) is 0 Å². The van der Waals surface area contributed by atoms with Gasteiger partial charge >= 0.3 is 0 Å². The molecule has 0 unspecified atom stereocenters. The summed E-state index contributed by atoms with van der Waals surface area (Å²) in [6.07, 6.45) is 0. The Balaban J connectivity index is 1.54. The molecule has 1 N–H and O–H groups in total. The molecule has 186 valence electrons. The number of rotatable bonds is 6. The van der Waals surface area contributed by atoms with E-state index in [-0.39, 0.29) is 5.75 Å². The Hall–Kier alpha value is -3.97. The summed E-state index contributed by atoms with van der Waals surface area (Å²) >= 11 is 0. The van der Waals surface area contributed by atoms with Crippen molar-refractivity contribution >= 4 is 10.9 Å². The minimum absolute atomic E-state index is 0.248. The first-order chi connectivity index (χ1) is 17.5. The fraction of sp³-hybridized carbons (Fsp3) is 0.276. The number of methoxy groups -OCH3 is 3. The molecule has 0 amide bonds. The van der Waals surface area contributed by atoms with Crippen molar-refractivity contribution < 1.29 is 24.1 Å². The van der Waals surface area contributed by atoms with E-state index in [0.717, 1.165) is 50.3 Å². The Kier molecular flexibility index (Phi) is 6.57. The molecule has 1 aromatic heterocycles. The first-order valence-electron chi connectivity index (χ1n) is 11.9. The molecule has 0 spiro atoms. The molecule has 1 aliphatic heterocycles. The number of hydrogen-bond donors (Lipinski definition) is 1. The number of nitrogens with zero attached hydrogens (tertiary/aromatic N) is 2. The zero-order valence-electron chi connectivity index (χ0n) is 21.0. The zero-order valence-corrected chi connectivity index (χ0v) is 21.0. The quantitative estimate of drug-likeness (QED) is 0.395. The average Bonchev–Trinajstić information content (AvgIpc) is 3.10. The molecule has 0 saturated heterocycles. The fourth-order valence-corrected chi connectivity index (χ4v) is 4.73. The predicted molar refractivity (Wildman–Crippen MR) is 139 cm³/mol. The van der Waals surface area contributed by atoms with Crippen LogP contribution in [0.2, 0.25) is 0 Å². The highest BCUT2D eigenvalue weighted by Gasteiger charge is 2.22. The molecule has 1 aliphatic rings. The van der Waals surface area contributed by atoms with E-state index in [1.807, 2.05) is 24.3 Å². The van der Waals surface area contributed by atoms with Crippen LogP contribution in [0.4, 0.5) is 0 Å². The van der Waals surface area contributed by atoms with Crippen molar-refractivity contribution in [2.45, 2.75) is 20.0 Å². The van der Waals surface area contributed by atoms with Crippen LogP contribution < -0.4 is 18.9 Å². The first kappa shape index (κ1) is 23.8. The number of para-hydroxylation sites is 1. The number of aromatic nitrogens is 1. The second-order valence-corrected chi connectivity index (χ2v) is 8.90. The highest BCUT2D eigenvalue weighted by Crippen LogP contribution is 2.39. The van der Waals surface area contributed by atoms with E-state index < -0.39 is 0 Å². The molecule has 0 aliphatic carbocycles. The van der Waals surface area contributed by atoms with Gasteiger partial charge in [0, 0.05) is 41.7 Å². The van der Waals surface area contributed by atoms with E-state index in [4.69, 9.17) is 23.9 Å². The van der Waals surface area contributed by atoms with Gasteiger partial charge in [0.05, 0.1) is 27.0 Å². The normalized spacial score (nSPS) is 13.6. The number of phenols is 1. The van der Waals surface area contributed by atoms with E-state index in [2.05, 4.69) is 30.0 Å². The zero-order chi connectivity index (χ0) is 25.2. The minimum atomic E-state index is 0.248. The molecule has 0 fully saturated rings. The summed E-state index contributed by atoms with van der Waals surface area (Å²) in [6.45, 7) is 4.49. The molecule has 0 saturated carbocycles. The van der Waals surface area contributed by atoms with E-state index >= 15 is 0 Å². The van der Waals surface area contributed by atoms with Crippen molar-refractivity contribution in [1.82, 2.24) is 9.88 Å². The summed E-state index contributed by atoms with van der Waals surface area (Å²) in [5, 5.41) is 11.5. The molecule has 0 bridgehead atoms. The number of pyridine rings is 1. The predicted octanol–water partition coefficient (Wildman–Crippen LogP) is 5.34. The Morgan fingerprint density at radius 1 is 0.972 bits per heavy atom. The van der Waals surface area contributed by atoms with Crippen molar-refractivity contribution in [3.63, 3.8) is 0 Å². The Morgan fingerprint density at radius 3 is 2.58 bits per heavy atom. The summed E-state index contributed by atoms with van der Waals surface area (Å²) in [4.78, 5) is 7.20. The van der Waals surface area contributed by atoms with Gasteiger partial charge in [-0.05, 0) is 55.0 Å². The Labute approximate surface area is 210 Å². The van der Waals surface area contributed by atoms with Gasteiger partial charge in [-0.25, -0.2) is 4.98 Å². The van der Waals surface area contributed by atoms with Gasteiger partial charge in [-0.3, -0.25) is 4.90 Å². The van der Waals surface area contributed by atoms with Gasteiger partial charge in [0.2, 0.25) is 0 Å². The number of phenolic OH excluding ortho intramolecular Hbond substituents is 1. The van der Waals surface area contributed by atoms with Crippen molar-refractivity contribution in [3.05, 3.63) is 71.3 Å². The second-order valence-electron chi connectivity index (χ2n) is 8.90. The third-order valence-electron chi connectivity index (χ3n) is 6.61. The molecule has 7 nitrogen and oxygen atoms in total. The number of aryl methyl sites for hydroxylation is 1. The third-order valence-corrected chi connectivity index (χ3v) is 6.61. The van der Waals surface area contributed by atoms with E-state index in [0.29, 0.717) is 37.7 Å². The van der Waals surface area contributed by atoms with Crippen LogP contribution in [0.3, 0.4) is 0 Å². The van der Waals surface area contributed by atoms with E-state index in [1.54, 1.807) is 33.5 Å². The Bertz CT molecular complexity index is 1420. The van der Waals surface area contributed by atoms with Crippen molar-refractivity contribution in [2.24, 2.45) is 0 Å². The van der Waals surface area contributed by atoms with E-state index in [1.165, 1.54) is 0 Å². The lowest BCUT2D eigenvalue weighted by Crippen LogP contribution is -2.25. The van der Waals surface area contributed by atoms with Gasteiger partial charge in [-0.1, -0.05) is 12.1 Å². The number of aromatic hydroxyl groups is 1. The smallest absolute Gasteiger partial charge is 0.165 e. The summed E-state index contributed by atoms with van der Waals surface area (Å²) in [6, 6.07) is 17.4. The SMILES string of the molecule is COc1ccc(O)c(CN2CCOc3c(cc(-c4cc(C)c5cccc(OC)c5n4)cc3OC)C2)c1. The highest BCUT2D eigenvalue weighted by molar-refractivity contribution is 5.89. The molecule has 0 atom stereocenters. The maximum absolute atomic E-state index is 10.4. The summed E-state index contributed by atoms with van der Waals surface area (Å²) in [5.41, 5.74) is 5.54. The minimum Gasteiger partial charge on any atom is -0.508 e. The van der Waals surface area contributed by atoms with Gasteiger partial charge in [-0.2, -0.15) is 0 Å². The molecule has 3 aromatic carbocycles. The number of benzene rings is 3. The van der Waals surface area contributed by atoms with Crippen LogP contribution in [0.1, 0.15) is 16.7 Å². The molecule has 0 radical (unpaired) electrons. The summed E-state index contributed by atoms with van der Waals surface area (Å²) in [7, 11) is 4.94. The average molecular weight is 487 g/mol. The van der Waals surface area contributed by atoms with Crippen LogP contribution >= 0.6 is 0 Å². The van der Waals surface area contributed by atoms with Crippen LogP contribution in [0.15, 0.2) is 54.6 Å². The number of fused-ring (bicyclic) bond motifs is 2. The van der Waals surface area contributed by atoms with Crippen LogP contribution in [-0.4, -0.2) is 49.5 Å². The van der Waals surface area contributed by atoms with Crippen LogP contribution in [0.5, 0.6) is 28.7 Å².